The number of carbonyl (C=O) groups is 3. The van der Waals surface area contributed by atoms with Gasteiger partial charge in [0, 0.05) is 61.6 Å². The summed E-state index contributed by atoms with van der Waals surface area (Å²) in [5.41, 5.74) is 1.79. The molecule has 0 saturated carbocycles. The number of amides is 4. The van der Waals surface area contributed by atoms with Crippen LogP contribution in [0.5, 0.6) is 0 Å². The van der Waals surface area contributed by atoms with Crippen molar-refractivity contribution in [1.29, 1.82) is 0 Å². The van der Waals surface area contributed by atoms with Crippen LogP contribution in [0.25, 0.3) is 0 Å². The number of nitro benzene ring substituents is 1. The van der Waals surface area contributed by atoms with Crippen LogP contribution in [0.2, 0.25) is 5.02 Å². The zero-order valence-corrected chi connectivity index (χ0v) is 26.8. The van der Waals surface area contributed by atoms with E-state index in [2.05, 4.69) is 15.5 Å². The Morgan fingerprint density at radius 3 is 2.33 bits per heavy atom. The van der Waals surface area contributed by atoms with Gasteiger partial charge >= 0.3 is 6.03 Å². The number of anilines is 2. The lowest BCUT2D eigenvalue weighted by Gasteiger charge is -2.41. The van der Waals surface area contributed by atoms with E-state index in [-0.39, 0.29) is 41.7 Å². The number of piperidine rings is 3. The molecular formula is C33H42ClN7O5. The van der Waals surface area contributed by atoms with Gasteiger partial charge in [-0.25, -0.2) is 4.79 Å². The van der Waals surface area contributed by atoms with Crippen LogP contribution < -0.4 is 10.6 Å². The molecule has 2 N–H and O–H groups in total. The topological polar surface area (TPSA) is 131 Å². The summed E-state index contributed by atoms with van der Waals surface area (Å²) in [7, 11) is 0. The lowest BCUT2D eigenvalue weighted by Crippen LogP contribution is -2.53. The highest BCUT2D eigenvalue weighted by atomic mass is 35.5. The maximum Gasteiger partial charge on any atom is 0.322 e. The van der Waals surface area contributed by atoms with Crippen molar-refractivity contribution in [2.45, 2.75) is 76.0 Å². The van der Waals surface area contributed by atoms with Gasteiger partial charge in [-0.2, -0.15) is 0 Å². The monoisotopic (exact) mass is 651 g/mol. The minimum atomic E-state index is -0.988. The first-order valence-corrected chi connectivity index (χ1v) is 16.8. The van der Waals surface area contributed by atoms with E-state index in [0.717, 1.165) is 37.2 Å². The van der Waals surface area contributed by atoms with Crippen molar-refractivity contribution >= 4 is 46.5 Å². The van der Waals surface area contributed by atoms with E-state index in [4.69, 9.17) is 11.6 Å². The molecule has 46 heavy (non-hydrogen) atoms. The molecule has 0 aliphatic carbocycles. The summed E-state index contributed by atoms with van der Waals surface area (Å²) in [6.45, 7) is 4.79. The molecule has 0 unspecified atom stereocenters. The highest BCUT2D eigenvalue weighted by molar-refractivity contribution is 6.31. The number of benzene rings is 2. The van der Waals surface area contributed by atoms with Gasteiger partial charge in [0.25, 0.3) is 5.69 Å². The molecule has 1 atom stereocenters. The van der Waals surface area contributed by atoms with E-state index in [0.29, 0.717) is 56.6 Å². The molecule has 0 spiro atoms. The molecule has 2 aromatic rings. The minimum Gasteiger partial charge on any atom is -0.368 e. The summed E-state index contributed by atoms with van der Waals surface area (Å²) in [5, 5.41) is 18.1. The Labute approximate surface area is 274 Å². The Hall–Kier alpha value is -3.90. The molecule has 0 aromatic heterocycles. The number of halogens is 1. The third kappa shape index (κ3) is 7.23. The molecular weight excluding hydrogens is 610 g/mol. The standard InChI is InChI=1S/C33H42ClN7O5/c34-24-8-9-30(41(45)46)28(20-24)35-29(32(43)39-18-10-25(11-19-39)37-14-4-1-5-15-37)21-31(42)38-16-12-26(13-17-38)40-22-23-6-2-3-7-27(23)36-33(40)44/h2-3,6-9,20,25-26,29,35H,1,4-5,10-19,21-22H2,(H,36,44)/t29-/m0/s1. The first-order valence-electron chi connectivity index (χ1n) is 16.4. The number of rotatable bonds is 8. The number of nitrogens with zero attached hydrogens (tertiary/aromatic N) is 5. The second kappa shape index (κ2) is 14.3. The maximum atomic E-state index is 14.0. The SMILES string of the molecule is O=C(C[C@H](Nc1cc(Cl)ccc1[N+](=O)[O-])C(=O)N1CCC(N2CCCCC2)CC1)N1CCC(N2Cc3ccccc3NC2=O)CC1. The van der Waals surface area contributed by atoms with E-state index in [1.54, 1.807) is 9.80 Å². The molecule has 4 heterocycles. The lowest BCUT2D eigenvalue weighted by atomic mass is 9.98. The van der Waals surface area contributed by atoms with Gasteiger partial charge in [0.1, 0.15) is 11.7 Å². The second-order valence-corrected chi connectivity index (χ2v) is 13.2. The molecule has 4 amide bonds. The molecule has 0 bridgehead atoms. The predicted octanol–water partition coefficient (Wildman–Crippen LogP) is 4.93. The van der Waals surface area contributed by atoms with Crippen LogP contribution in [0.3, 0.4) is 0 Å². The average Bonchev–Trinajstić information content (AvgIpc) is 3.08. The van der Waals surface area contributed by atoms with E-state index in [9.17, 15) is 24.5 Å². The fourth-order valence-corrected chi connectivity index (χ4v) is 7.55. The predicted molar refractivity (Wildman–Crippen MR) is 176 cm³/mol. The molecule has 2 aromatic carbocycles. The van der Waals surface area contributed by atoms with Crippen LogP contribution in [0.4, 0.5) is 21.9 Å². The van der Waals surface area contributed by atoms with Gasteiger partial charge in [0.15, 0.2) is 0 Å². The summed E-state index contributed by atoms with van der Waals surface area (Å²) in [6.07, 6.45) is 6.53. The van der Waals surface area contributed by atoms with Crippen molar-refractivity contribution in [3.63, 3.8) is 0 Å². The van der Waals surface area contributed by atoms with Crippen molar-refractivity contribution in [2.75, 3.05) is 49.9 Å². The van der Waals surface area contributed by atoms with Gasteiger partial charge in [-0.1, -0.05) is 36.2 Å². The summed E-state index contributed by atoms with van der Waals surface area (Å²) < 4.78 is 0. The number of likely N-dealkylation sites (tertiary alicyclic amines) is 3. The second-order valence-electron chi connectivity index (χ2n) is 12.8. The van der Waals surface area contributed by atoms with E-state index in [1.165, 1.54) is 37.5 Å². The Balaban J connectivity index is 1.11. The first kappa shape index (κ1) is 32.1. The first-order chi connectivity index (χ1) is 22.3. The van der Waals surface area contributed by atoms with Crippen molar-refractivity contribution in [1.82, 2.24) is 19.6 Å². The largest absolute Gasteiger partial charge is 0.368 e. The zero-order chi connectivity index (χ0) is 32.2. The van der Waals surface area contributed by atoms with E-state index < -0.39 is 11.0 Å². The summed E-state index contributed by atoms with van der Waals surface area (Å²) in [5.74, 6) is -0.441. The Bertz CT molecular complexity index is 1450. The van der Waals surface area contributed by atoms with Gasteiger partial charge < -0.3 is 30.2 Å². The number of fused-ring (bicyclic) bond motifs is 1. The number of nitro groups is 1. The van der Waals surface area contributed by atoms with Crippen LogP contribution in [0.15, 0.2) is 42.5 Å². The van der Waals surface area contributed by atoms with Gasteiger partial charge in [0.2, 0.25) is 11.8 Å². The van der Waals surface area contributed by atoms with Gasteiger partial charge in [-0.3, -0.25) is 19.7 Å². The normalized spacial score (nSPS) is 20.5. The fourth-order valence-electron chi connectivity index (χ4n) is 7.37. The molecule has 4 aliphatic heterocycles. The number of hydrogen-bond donors (Lipinski definition) is 2. The van der Waals surface area contributed by atoms with Crippen molar-refractivity contribution in [2.24, 2.45) is 0 Å². The number of hydrogen-bond acceptors (Lipinski definition) is 7. The Morgan fingerprint density at radius 1 is 0.935 bits per heavy atom. The third-order valence-corrected chi connectivity index (χ3v) is 10.2. The van der Waals surface area contributed by atoms with Crippen molar-refractivity contribution in [3.8, 4) is 0 Å². The van der Waals surface area contributed by atoms with Crippen LogP contribution in [0, 0.1) is 10.1 Å². The highest BCUT2D eigenvalue weighted by Crippen LogP contribution is 2.31. The van der Waals surface area contributed by atoms with E-state index in [1.807, 2.05) is 29.2 Å². The summed E-state index contributed by atoms with van der Waals surface area (Å²) in [4.78, 5) is 59.7. The molecule has 13 heteroatoms. The maximum absolute atomic E-state index is 14.0. The van der Waals surface area contributed by atoms with Crippen LogP contribution in [0.1, 0.15) is 56.9 Å². The van der Waals surface area contributed by atoms with Gasteiger partial charge in [-0.05, 0) is 75.4 Å². The molecule has 6 rings (SSSR count). The molecule has 246 valence electrons. The molecule has 12 nitrogen and oxygen atoms in total. The third-order valence-electron chi connectivity index (χ3n) is 9.96. The smallest absolute Gasteiger partial charge is 0.322 e. The number of urea groups is 1. The molecule has 4 aliphatic rings. The average molecular weight is 652 g/mol. The Kier molecular flexibility index (Phi) is 9.93. The minimum absolute atomic E-state index is 0.0109. The summed E-state index contributed by atoms with van der Waals surface area (Å²) in [6, 6.07) is 11.2. The fraction of sp³-hybridized carbons (Fsp3) is 0.545. The van der Waals surface area contributed by atoms with E-state index >= 15 is 0 Å². The number of nitrogens with one attached hydrogen (secondary N) is 2. The quantitative estimate of drug-likeness (QED) is 0.306. The zero-order valence-electron chi connectivity index (χ0n) is 26.0. The molecule has 3 fully saturated rings. The molecule has 3 saturated heterocycles. The van der Waals surface area contributed by atoms with Crippen LogP contribution >= 0.6 is 11.6 Å². The Morgan fingerprint density at radius 2 is 1.61 bits per heavy atom. The van der Waals surface area contributed by atoms with Crippen molar-refractivity contribution in [3.05, 3.63) is 63.2 Å². The van der Waals surface area contributed by atoms with Crippen LogP contribution in [-0.2, 0) is 16.1 Å². The number of para-hydroxylation sites is 1. The lowest BCUT2D eigenvalue weighted by molar-refractivity contribution is -0.384. The number of carbonyl (C=O) groups excluding carboxylic acids is 3. The summed E-state index contributed by atoms with van der Waals surface area (Å²) >= 11 is 6.20. The van der Waals surface area contributed by atoms with Crippen molar-refractivity contribution < 1.29 is 19.3 Å². The van der Waals surface area contributed by atoms with Gasteiger partial charge in [-0.15, -0.1) is 0 Å². The van der Waals surface area contributed by atoms with Gasteiger partial charge in [0.05, 0.1) is 11.3 Å². The molecule has 0 radical (unpaired) electrons. The highest BCUT2D eigenvalue weighted by Gasteiger charge is 2.36. The van der Waals surface area contributed by atoms with Crippen LogP contribution in [-0.4, -0.2) is 99.8 Å².